The highest BCUT2D eigenvalue weighted by Crippen LogP contribution is 2.23. The van der Waals surface area contributed by atoms with E-state index in [9.17, 15) is 4.79 Å². The molecule has 1 aromatic carbocycles. The van der Waals surface area contributed by atoms with Crippen LogP contribution in [0.2, 0.25) is 0 Å². The Balaban J connectivity index is 2.84. The summed E-state index contributed by atoms with van der Waals surface area (Å²) in [5, 5.41) is 3.24. The molecule has 0 bridgehead atoms. The summed E-state index contributed by atoms with van der Waals surface area (Å²) < 4.78 is 11.1. The zero-order chi connectivity index (χ0) is 15.9. The van der Waals surface area contributed by atoms with Crippen LogP contribution in [0, 0.1) is 13.8 Å². The summed E-state index contributed by atoms with van der Waals surface area (Å²) in [5.74, 6) is 0.566. The maximum absolute atomic E-state index is 12.2. The van der Waals surface area contributed by atoms with Crippen LogP contribution in [0.25, 0.3) is 0 Å². The lowest BCUT2D eigenvalue weighted by Crippen LogP contribution is -2.55. The van der Waals surface area contributed by atoms with E-state index in [1.54, 1.807) is 0 Å². The molecule has 0 saturated heterocycles. The smallest absolute Gasteiger partial charge is 0.329 e. The molecule has 1 unspecified atom stereocenters. The van der Waals surface area contributed by atoms with Crippen LogP contribution in [0.5, 0.6) is 5.75 Å². The lowest BCUT2D eigenvalue weighted by atomic mass is 10.0. The Morgan fingerprint density at radius 1 is 1.24 bits per heavy atom. The molecule has 118 valence electrons. The molecule has 4 nitrogen and oxygen atoms in total. The summed E-state index contributed by atoms with van der Waals surface area (Å²) in [7, 11) is 0. The molecule has 0 heterocycles. The summed E-state index contributed by atoms with van der Waals surface area (Å²) in [6.07, 6.45) is 0.943. The van der Waals surface area contributed by atoms with Gasteiger partial charge in [0.25, 0.3) is 0 Å². The van der Waals surface area contributed by atoms with E-state index in [1.807, 2.05) is 45.9 Å². The van der Waals surface area contributed by atoms with Gasteiger partial charge < -0.3 is 9.47 Å². The van der Waals surface area contributed by atoms with Gasteiger partial charge in [-0.15, -0.1) is 0 Å². The number of carbonyl (C=O) groups excluding carboxylic acids is 1. The Morgan fingerprint density at radius 2 is 1.86 bits per heavy atom. The fourth-order valence-electron chi connectivity index (χ4n) is 2.12. The second-order valence-electron chi connectivity index (χ2n) is 5.49. The monoisotopic (exact) mass is 293 g/mol. The lowest BCUT2D eigenvalue weighted by molar-refractivity contribution is -0.151. The summed E-state index contributed by atoms with van der Waals surface area (Å²) in [4.78, 5) is 12.2. The van der Waals surface area contributed by atoms with Crippen LogP contribution in [-0.2, 0) is 9.53 Å². The maximum atomic E-state index is 12.2. The van der Waals surface area contributed by atoms with Crippen molar-refractivity contribution in [2.45, 2.75) is 46.6 Å². The van der Waals surface area contributed by atoms with E-state index >= 15 is 0 Å². The highest BCUT2D eigenvalue weighted by molar-refractivity contribution is 5.80. The molecule has 0 fully saturated rings. The number of ether oxygens (including phenoxy) is 2. The zero-order valence-corrected chi connectivity index (χ0v) is 13.8. The second-order valence-corrected chi connectivity index (χ2v) is 5.49. The van der Waals surface area contributed by atoms with Crippen LogP contribution in [0.4, 0.5) is 0 Å². The Hall–Kier alpha value is -1.55. The van der Waals surface area contributed by atoms with Crippen molar-refractivity contribution in [1.29, 1.82) is 0 Å². The third-order valence-electron chi connectivity index (χ3n) is 3.41. The third-order valence-corrected chi connectivity index (χ3v) is 3.41. The molecular formula is C17H27NO3. The molecule has 1 rings (SSSR count). The van der Waals surface area contributed by atoms with Crippen molar-refractivity contribution in [3.63, 3.8) is 0 Å². The van der Waals surface area contributed by atoms with Crippen molar-refractivity contribution >= 4 is 5.97 Å². The van der Waals surface area contributed by atoms with Gasteiger partial charge in [0.2, 0.25) is 0 Å². The largest absolute Gasteiger partial charge is 0.490 e. The van der Waals surface area contributed by atoms with Gasteiger partial charge in [0, 0.05) is 0 Å². The topological polar surface area (TPSA) is 47.6 Å². The van der Waals surface area contributed by atoms with Crippen molar-refractivity contribution in [1.82, 2.24) is 5.32 Å². The molecular weight excluding hydrogens is 266 g/mol. The molecule has 0 saturated carbocycles. The molecule has 0 aliphatic rings. The molecule has 0 amide bonds. The van der Waals surface area contributed by atoms with Gasteiger partial charge in [-0.05, 0) is 51.8 Å². The van der Waals surface area contributed by atoms with Gasteiger partial charge in [-0.1, -0.05) is 25.1 Å². The average molecular weight is 293 g/mol. The normalized spacial score (nSPS) is 13.6. The molecule has 1 N–H and O–H groups in total. The van der Waals surface area contributed by atoms with E-state index in [-0.39, 0.29) is 12.6 Å². The number of hydrogen-bond acceptors (Lipinski definition) is 4. The molecule has 0 aromatic heterocycles. The predicted octanol–water partition coefficient (Wildman–Crippen LogP) is 3.00. The quantitative estimate of drug-likeness (QED) is 0.749. The summed E-state index contributed by atoms with van der Waals surface area (Å²) in [5.41, 5.74) is 1.30. The maximum Gasteiger partial charge on any atom is 0.329 e. The van der Waals surface area contributed by atoms with E-state index in [0.29, 0.717) is 6.61 Å². The molecule has 4 heteroatoms. The van der Waals surface area contributed by atoms with E-state index in [0.717, 1.165) is 29.8 Å². The molecule has 0 aliphatic heterocycles. The molecule has 0 radical (unpaired) electrons. The minimum Gasteiger partial charge on any atom is -0.490 e. The number of esters is 1. The van der Waals surface area contributed by atoms with Crippen molar-refractivity contribution in [2.24, 2.45) is 0 Å². The molecule has 1 atom stereocenters. The number of aryl methyl sites for hydroxylation is 2. The first-order chi connectivity index (χ1) is 9.94. The van der Waals surface area contributed by atoms with Crippen LogP contribution >= 0.6 is 0 Å². The van der Waals surface area contributed by atoms with Gasteiger partial charge in [0.05, 0.1) is 6.61 Å². The van der Waals surface area contributed by atoms with E-state index in [4.69, 9.17) is 9.47 Å². The first-order valence-electron chi connectivity index (χ1n) is 7.56. The number of rotatable bonds is 8. The fraction of sp³-hybridized carbons (Fsp3) is 0.588. The Bertz CT molecular complexity index is 453. The van der Waals surface area contributed by atoms with Gasteiger partial charge >= 0.3 is 5.97 Å². The summed E-state index contributed by atoms with van der Waals surface area (Å²) in [6.45, 7) is 11.1. The summed E-state index contributed by atoms with van der Waals surface area (Å²) in [6, 6.07) is 6.00. The number of carbonyl (C=O) groups is 1. The van der Waals surface area contributed by atoms with Crippen LogP contribution < -0.4 is 10.1 Å². The van der Waals surface area contributed by atoms with Gasteiger partial charge in [-0.3, -0.25) is 5.32 Å². The lowest BCUT2D eigenvalue weighted by Gasteiger charge is -2.29. The highest BCUT2D eigenvalue weighted by Gasteiger charge is 2.35. The minimum absolute atomic E-state index is 0.248. The van der Waals surface area contributed by atoms with E-state index in [2.05, 4.69) is 12.2 Å². The SMILES string of the molecule is CCCNC(C)(COc1c(C)cccc1C)C(=O)OCC. The van der Waals surface area contributed by atoms with Crippen molar-refractivity contribution in [3.8, 4) is 5.75 Å². The molecule has 0 aliphatic carbocycles. The van der Waals surface area contributed by atoms with Gasteiger partial charge in [0.15, 0.2) is 0 Å². The predicted molar refractivity (Wildman–Crippen MR) is 84.7 cm³/mol. The zero-order valence-electron chi connectivity index (χ0n) is 13.8. The second kappa shape index (κ2) is 8.03. The third kappa shape index (κ3) is 4.74. The van der Waals surface area contributed by atoms with Crippen LogP contribution in [0.15, 0.2) is 18.2 Å². The van der Waals surface area contributed by atoms with Crippen LogP contribution in [-0.4, -0.2) is 31.3 Å². The van der Waals surface area contributed by atoms with E-state index < -0.39 is 5.54 Å². The van der Waals surface area contributed by atoms with Crippen molar-refractivity contribution in [2.75, 3.05) is 19.8 Å². The number of hydrogen-bond donors (Lipinski definition) is 1. The molecule has 1 aromatic rings. The number of para-hydroxylation sites is 1. The highest BCUT2D eigenvalue weighted by atomic mass is 16.5. The van der Waals surface area contributed by atoms with Gasteiger partial charge in [-0.2, -0.15) is 0 Å². The standard InChI is InChI=1S/C17H27NO3/c1-6-11-18-17(5,16(19)20-7-2)12-21-15-13(3)9-8-10-14(15)4/h8-10,18H,6-7,11-12H2,1-5H3. The Labute approximate surface area is 127 Å². The summed E-state index contributed by atoms with van der Waals surface area (Å²) >= 11 is 0. The molecule has 0 spiro atoms. The number of nitrogens with one attached hydrogen (secondary N) is 1. The number of benzene rings is 1. The average Bonchev–Trinajstić information content (AvgIpc) is 2.45. The molecule has 21 heavy (non-hydrogen) atoms. The van der Waals surface area contributed by atoms with E-state index in [1.165, 1.54) is 0 Å². The Kier molecular flexibility index (Phi) is 6.69. The van der Waals surface area contributed by atoms with Crippen LogP contribution in [0.3, 0.4) is 0 Å². The first kappa shape index (κ1) is 17.5. The van der Waals surface area contributed by atoms with Gasteiger partial charge in [0.1, 0.15) is 17.9 Å². The Morgan fingerprint density at radius 3 is 2.38 bits per heavy atom. The first-order valence-corrected chi connectivity index (χ1v) is 7.56. The minimum atomic E-state index is -0.833. The van der Waals surface area contributed by atoms with Crippen molar-refractivity contribution in [3.05, 3.63) is 29.3 Å². The van der Waals surface area contributed by atoms with Gasteiger partial charge in [-0.25, -0.2) is 4.79 Å². The fourth-order valence-corrected chi connectivity index (χ4v) is 2.12. The van der Waals surface area contributed by atoms with Crippen LogP contribution in [0.1, 0.15) is 38.3 Å². The van der Waals surface area contributed by atoms with Crippen molar-refractivity contribution < 1.29 is 14.3 Å².